The SMILES string of the molecule is COc1cnc(C(F)F)cc1-c1cc(Cl)ncc1C(=O)NC1NNC(C#CC2CC2)S1. The summed E-state index contributed by atoms with van der Waals surface area (Å²) in [4.78, 5) is 20.7. The minimum atomic E-state index is -2.78. The molecule has 1 saturated heterocycles. The first-order chi connectivity index (χ1) is 14.9. The summed E-state index contributed by atoms with van der Waals surface area (Å²) in [6.45, 7) is 0. The Morgan fingerprint density at radius 2 is 2.06 bits per heavy atom. The molecule has 4 rings (SSSR count). The van der Waals surface area contributed by atoms with Crippen molar-refractivity contribution in [2.45, 2.75) is 30.1 Å². The van der Waals surface area contributed by atoms with Crippen molar-refractivity contribution >= 4 is 29.3 Å². The Morgan fingerprint density at radius 1 is 1.26 bits per heavy atom. The number of halogens is 3. The van der Waals surface area contributed by atoms with Crippen LogP contribution in [0.25, 0.3) is 11.1 Å². The quantitative estimate of drug-likeness (QED) is 0.461. The monoisotopic (exact) mass is 465 g/mol. The van der Waals surface area contributed by atoms with Gasteiger partial charge in [-0.1, -0.05) is 35.2 Å². The predicted octanol–water partition coefficient (Wildman–Crippen LogP) is 3.34. The molecule has 2 unspecified atom stereocenters. The Bertz CT molecular complexity index is 1060. The van der Waals surface area contributed by atoms with Crippen LogP contribution in [-0.2, 0) is 0 Å². The molecule has 1 aliphatic heterocycles. The molecule has 11 heteroatoms. The molecule has 2 aromatic heterocycles. The first-order valence-corrected chi connectivity index (χ1v) is 10.7. The van der Waals surface area contributed by atoms with Crippen molar-refractivity contribution in [1.82, 2.24) is 26.1 Å². The number of ether oxygens (including phenoxy) is 1. The van der Waals surface area contributed by atoms with Crippen molar-refractivity contribution in [3.05, 3.63) is 40.9 Å². The van der Waals surface area contributed by atoms with Crippen molar-refractivity contribution in [3.8, 4) is 28.7 Å². The van der Waals surface area contributed by atoms with E-state index in [4.69, 9.17) is 16.3 Å². The standard InChI is InChI=1S/C20H18ClF2N5O2S/c1-30-15-9-24-14(18(22)23)6-12(15)11-7-16(21)25-8-13(11)19(29)26-20-28-27-17(31-20)5-4-10-2-3-10/h6-10,17-18,20,27-28H,2-3H2,1H3,(H,26,29). The lowest BCUT2D eigenvalue weighted by Gasteiger charge is -2.16. The summed E-state index contributed by atoms with van der Waals surface area (Å²) in [5, 5.41) is 2.78. The first kappa shape index (κ1) is 21.8. The fraction of sp³-hybridized carbons (Fsp3) is 0.350. The molecule has 2 atom stereocenters. The number of thioether (sulfide) groups is 1. The minimum absolute atomic E-state index is 0.106. The lowest BCUT2D eigenvalue weighted by molar-refractivity contribution is 0.0945. The topological polar surface area (TPSA) is 88.2 Å². The predicted molar refractivity (Wildman–Crippen MR) is 113 cm³/mol. The number of hydrogen-bond acceptors (Lipinski definition) is 7. The Labute approximate surface area is 186 Å². The molecule has 7 nitrogen and oxygen atoms in total. The second-order valence-corrected chi connectivity index (χ2v) is 8.49. The van der Waals surface area contributed by atoms with Gasteiger partial charge in [0.1, 0.15) is 27.5 Å². The van der Waals surface area contributed by atoms with Crippen LogP contribution >= 0.6 is 23.4 Å². The second kappa shape index (κ2) is 9.36. The van der Waals surface area contributed by atoms with Gasteiger partial charge in [-0.2, -0.15) is 0 Å². The molecule has 3 N–H and O–H groups in total. The summed E-state index contributed by atoms with van der Waals surface area (Å²) in [6, 6.07) is 2.61. The van der Waals surface area contributed by atoms with E-state index in [0.717, 1.165) is 12.8 Å². The molecular formula is C20H18ClF2N5O2S. The largest absolute Gasteiger partial charge is 0.494 e. The molecule has 0 radical (unpaired) electrons. The average Bonchev–Trinajstić information content (AvgIpc) is 3.49. The number of amides is 1. The first-order valence-electron chi connectivity index (χ1n) is 9.41. The molecular weight excluding hydrogens is 448 g/mol. The zero-order valence-electron chi connectivity index (χ0n) is 16.3. The fourth-order valence-corrected chi connectivity index (χ4v) is 3.91. The molecule has 2 aromatic rings. The van der Waals surface area contributed by atoms with Crippen molar-refractivity contribution in [1.29, 1.82) is 0 Å². The highest BCUT2D eigenvalue weighted by Crippen LogP contribution is 2.35. The Balaban J connectivity index is 1.58. The molecule has 0 aromatic carbocycles. The van der Waals surface area contributed by atoms with Crippen LogP contribution in [0.2, 0.25) is 5.15 Å². The third kappa shape index (κ3) is 5.25. The maximum absolute atomic E-state index is 13.2. The molecule has 0 spiro atoms. The smallest absolute Gasteiger partial charge is 0.280 e. The number of aromatic nitrogens is 2. The summed E-state index contributed by atoms with van der Waals surface area (Å²) in [6.07, 6.45) is 1.98. The van der Waals surface area contributed by atoms with Crippen LogP contribution in [0.3, 0.4) is 0 Å². The number of rotatable bonds is 5. The van der Waals surface area contributed by atoms with Gasteiger partial charge in [-0.05, 0) is 25.0 Å². The maximum atomic E-state index is 13.2. The van der Waals surface area contributed by atoms with E-state index in [0.29, 0.717) is 11.5 Å². The Kier molecular flexibility index (Phi) is 6.57. The van der Waals surface area contributed by atoms with Crippen LogP contribution in [-0.4, -0.2) is 33.9 Å². The highest BCUT2D eigenvalue weighted by molar-refractivity contribution is 8.00. The molecule has 2 fully saturated rings. The molecule has 162 valence electrons. The van der Waals surface area contributed by atoms with E-state index in [1.807, 2.05) is 0 Å². The normalized spacial score (nSPS) is 20.3. The van der Waals surface area contributed by atoms with E-state index in [1.54, 1.807) is 0 Å². The zero-order valence-corrected chi connectivity index (χ0v) is 17.9. The number of hydrogen-bond donors (Lipinski definition) is 3. The summed E-state index contributed by atoms with van der Waals surface area (Å²) >= 11 is 7.45. The number of alkyl halides is 2. The number of hydrazine groups is 1. The van der Waals surface area contributed by atoms with Crippen LogP contribution in [0.4, 0.5) is 8.78 Å². The zero-order chi connectivity index (χ0) is 22.0. The molecule has 1 aliphatic carbocycles. The van der Waals surface area contributed by atoms with E-state index in [1.165, 1.54) is 43.4 Å². The van der Waals surface area contributed by atoms with Gasteiger partial charge in [0.2, 0.25) is 0 Å². The van der Waals surface area contributed by atoms with Gasteiger partial charge in [0.05, 0.1) is 18.9 Å². The number of carbonyl (C=O) groups is 1. The van der Waals surface area contributed by atoms with Gasteiger partial charge >= 0.3 is 0 Å². The lowest BCUT2D eigenvalue weighted by Crippen LogP contribution is -2.43. The number of nitrogens with zero attached hydrogens (tertiary/aromatic N) is 2. The lowest BCUT2D eigenvalue weighted by atomic mass is 10.0. The minimum Gasteiger partial charge on any atom is -0.494 e. The van der Waals surface area contributed by atoms with Crippen molar-refractivity contribution in [3.63, 3.8) is 0 Å². The summed E-state index contributed by atoms with van der Waals surface area (Å²) in [5.41, 5.74) is 5.83. The van der Waals surface area contributed by atoms with E-state index in [-0.39, 0.29) is 27.4 Å². The van der Waals surface area contributed by atoms with Gasteiger partial charge in [-0.3, -0.25) is 9.78 Å². The average molecular weight is 466 g/mol. The number of carbonyl (C=O) groups excluding carboxylic acids is 1. The van der Waals surface area contributed by atoms with Crippen LogP contribution in [0.1, 0.15) is 35.3 Å². The van der Waals surface area contributed by atoms with Gasteiger partial charge in [-0.15, -0.1) is 0 Å². The van der Waals surface area contributed by atoms with Crippen molar-refractivity contribution < 1.29 is 18.3 Å². The van der Waals surface area contributed by atoms with Crippen LogP contribution in [0, 0.1) is 17.8 Å². The van der Waals surface area contributed by atoms with E-state index < -0.39 is 23.5 Å². The van der Waals surface area contributed by atoms with Crippen LogP contribution in [0.5, 0.6) is 5.75 Å². The fourth-order valence-electron chi connectivity index (χ4n) is 2.90. The highest BCUT2D eigenvalue weighted by atomic mass is 35.5. The molecule has 0 bridgehead atoms. The van der Waals surface area contributed by atoms with Crippen molar-refractivity contribution in [2.24, 2.45) is 5.92 Å². The Morgan fingerprint density at radius 3 is 2.77 bits per heavy atom. The molecule has 1 saturated carbocycles. The number of nitrogens with one attached hydrogen (secondary N) is 3. The number of pyridine rings is 2. The van der Waals surface area contributed by atoms with Crippen LogP contribution in [0.15, 0.2) is 24.5 Å². The summed E-state index contributed by atoms with van der Waals surface area (Å²) in [5.74, 6) is 6.55. The maximum Gasteiger partial charge on any atom is 0.280 e. The van der Waals surface area contributed by atoms with E-state index in [9.17, 15) is 13.6 Å². The van der Waals surface area contributed by atoms with Crippen LogP contribution < -0.4 is 20.9 Å². The summed E-state index contributed by atoms with van der Waals surface area (Å²) < 4.78 is 31.7. The third-order valence-corrected chi connectivity index (χ3v) is 5.84. The van der Waals surface area contributed by atoms with Gasteiger partial charge in [0.15, 0.2) is 0 Å². The van der Waals surface area contributed by atoms with Gasteiger partial charge in [-0.25, -0.2) is 24.6 Å². The third-order valence-electron chi connectivity index (χ3n) is 4.61. The van der Waals surface area contributed by atoms with Gasteiger partial charge in [0.25, 0.3) is 12.3 Å². The molecule has 1 amide bonds. The molecule has 2 aliphatic rings. The number of methoxy groups -OCH3 is 1. The Hall–Kier alpha value is -2.45. The second-order valence-electron chi connectivity index (χ2n) is 6.88. The van der Waals surface area contributed by atoms with E-state index in [2.05, 4.69) is 38.0 Å². The van der Waals surface area contributed by atoms with Gasteiger partial charge < -0.3 is 10.1 Å². The highest BCUT2D eigenvalue weighted by Gasteiger charge is 2.27. The van der Waals surface area contributed by atoms with Gasteiger partial charge in [0, 0.05) is 23.2 Å². The van der Waals surface area contributed by atoms with Crippen molar-refractivity contribution in [2.75, 3.05) is 7.11 Å². The molecule has 31 heavy (non-hydrogen) atoms. The molecule has 3 heterocycles. The summed E-state index contributed by atoms with van der Waals surface area (Å²) in [7, 11) is 1.39. The van der Waals surface area contributed by atoms with E-state index >= 15 is 0 Å².